The van der Waals surface area contributed by atoms with Crippen LogP contribution in [0.1, 0.15) is 54.6 Å². The summed E-state index contributed by atoms with van der Waals surface area (Å²) in [5.41, 5.74) is 1.68. The average Bonchev–Trinajstić information content (AvgIpc) is 2.98. The van der Waals surface area contributed by atoms with Crippen LogP contribution in [-0.2, 0) is 19.6 Å². The van der Waals surface area contributed by atoms with E-state index in [0.717, 1.165) is 36.9 Å². The highest BCUT2D eigenvalue weighted by Crippen LogP contribution is 2.34. The van der Waals surface area contributed by atoms with Crippen LogP contribution in [0.4, 0.5) is 13.2 Å². The Morgan fingerprint density at radius 3 is 2.65 bits per heavy atom. The Balaban J connectivity index is 1.63. The number of piperidine rings is 1. The molecule has 2 heterocycles. The highest BCUT2D eigenvalue weighted by molar-refractivity contribution is 5.33. The van der Waals surface area contributed by atoms with Crippen molar-refractivity contribution in [1.82, 2.24) is 20.3 Å². The van der Waals surface area contributed by atoms with E-state index in [0.29, 0.717) is 17.5 Å². The number of halogens is 3. The lowest BCUT2D eigenvalue weighted by Crippen LogP contribution is -2.39. The highest BCUT2D eigenvalue weighted by atomic mass is 19.4. The van der Waals surface area contributed by atoms with Gasteiger partial charge in [0.15, 0.2) is 0 Å². The summed E-state index contributed by atoms with van der Waals surface area (Å²) in [6, 6.07) is 5.06. The number of nitrogens with zero attached hydrogens (tertiary/aromatic N) is 3. The summed E-state index contributed by atoms with van der Waals surface area (Å²) in [6.45, 7) is 3.70. The lowest BCUT2D eigenvalue weighted by molar-refractivity contribution is -0.138. The van der Waals surface area contributed by atoms with Crippen LogP contribution in [0.3, 0.4) is 0 Å². The molecule has 1 fully saturated rings. The minimum absolute atomic E-state index is 0.187. The molecule has 0 amide bonds. The van der Waals surface area contributed by atoms with Crippen LogP contribution in [0.25, 0.3) is 0 Å². The van der Waals surface area contributed by atoms with Crippen molar-refractivity contribution in [3.05, 3.63) is 46.8 Å². The molecular formula is C19H25F3N4. The number of rotatable bonds is 4. The zero-order chi connectivity index (χ0) is 18.9. The number of hydrogen-bond donors (Lipinski definition) is 1. The fraction of sp³-hybridized carbons (Fsp3) is 0.579. The van der Waals surface area contributed by atoms with Crippen LogP contribution >= 0.6 is 0 Å². The van der Waals surface area contributed by atoms with E-state index in [2.05, 4.69) is 22.6 Å². The first-order valence-electron chi connectivity index (χ1n) is 9.01. The predicted octanol–water partition coefficient (Wildman–Crippen LogP) is 4.20. The molecule has 0 unspecified atom stereocenters. The fourth-order valence-corrected chi connectivity index (χ4v) is 3.95. The second-order valence-electron chi connectivity index (χ2n) is 7.46. The number of alkyl halides is 3. The zero-order valence-corrected chi connectivity index (χ0v) is 15.3. The predicted molar refractivity (Wildman–Crippen MR) is 93.6 cm³/mol. The van der Waals surface area contributed by atoms with E-state index in [4.69, 9.17) is 0 Å². The summed E-state index contributed by atoms with van der Waals surface area (Å²) in [5, 5.41) is 11.8. The molecule has 142 valence electrons. The Bertz CT molecular complexity index is 753. The number of aryl methyl sites for hydroxylation is 3. The second-order valence-corrected chi connectivity index (χ2v) is 7.46. The summed E-state index contributed by atoms with van der Waals surface area (Å²) in [7, 11) is 1.85. The van der Waals surface area contributed by atoms with Crippen LogP contribution in [0.5, 0.6) is 0 Å². The van der Waals surface area contributed by atoms with E-state index >= 15 is 0 Å². The normalized spacial score (nSPS) is 24.0. The van der Waals surface area contributed by atoms with E-state index in [9.17, 15) is 13.2 Å². The number of aromatic nitrogens is 3. The molecule has 1 aliphatic rings. The standard InChI is InChI=1S/C19H25F3N4/c1-12-8-14(6-7-16(12)19(20,21)22)4-5-15-9-13(2)23-17(10-15)18-11-26(3)25-24-18/h6-8,11,13,15,17,23H,4-5,9-10H2,1-3H3/t13-,15-,17-/m0/s1. The van der Waals surface area contributed by atoms with Gasteiger partial charge in [-0.2, -0.15) is 13.2 Å². The minimum atomic E-state index is -4.28. The molecule has 0 spiro atoms. The van der Waals surface area contributed by atoms with Crippen molar-refractivity contribution in [2.24, 2.45) is 13.0 Å². The van der Waals surface area contributed by atoms with Crippen molar-refractivity contribution in [2.75, 3.05) is 0 Å². The Kier molecular flexibility index (Phi) is 5.37. The maximum absolute atomic E-state index is 12.9. The van der Waals surface area contributed by atoms with Crippen LogP contribution in [0, 0.1) is 12.8 Å². The molecule has 26 heavy (non-hydrogen) atoms. The molecule has 0 saturated carbocycles. The van der Waals surface area contributed by atoms with Gasteiger partial charge >= 0.3 is 6.18 Å². The van der Waals surface area contributed by atoms with Gasteiger partial charge in [-0.05, 0) is 62.6 Å². The lowest BCUT2D eigenvalue weighted by atomic mass is 9.83. The van der Waals surface area contributed by atoms with Gasteiger partial charge in [0.25, 0.3) is 0 Å². The van der Waals surface area contributed by atoms with Gasteiger partial charge in [0.05, 0.1) is 17.3 Å². The molecule has 1 aromatic heterocycles. The molecule has 0 aliphatic carbocycles. The Hall–Kier alpha value is -1.89. The zero-order valence-electron chi connectivity index (χ0n) is 15.3. The third kappa shape index (κ3) is 4.44. The first-order chi connectivity index (χ1) is 12.2. The Morgan fingerprint density at radius 2 is 2.04 bits per heavy atom. The molecular weight excluding hydrogens is 341 g/mol. The van der Waals surface area contributed by atoms with Crippen molar-refractivity contribution >= 4 is 0 Å². The largest absolute Gasteiger partial charge is 0.416 e. The van der Waals surface area contributed by atoms with E-state index in [-0.39, 0.29) is 6.04 Å². The van der Waals surface area contributed by atoms with Crippen molar-refractivity contribution in [1.29, 1.82) is 0 Å². The molecule has 3 atom stereocenters. The van der Waals surface area contributed by atoms with E-state index in [1.54, 1.807) is 16.8 Å². The third-order valence-electron chi connectivity index (χ3n) is 5.16. The molecule has 0 radical (unpaired) electrons. The van der Waals surface area contributed by atoms with Gasteiger partial charge in [-0.25, -0.2) is 0 Å². The molecule has 1 N–H and O–H groups in total. The first kappa shape index (κ1) is 18.9. The second kappa shape index (κ2) is 7.39. The Morgan fingerprint density at radius 1 is 1.27 bits per heavy atom. The van der Waals surface area contributed by atoms with Gasteiger partial charge in [-0.1, -0.05) is 17.3 Å². The first-order valence-corrected chi connectivity index (χ1v) is 9.01. The molecule has 0 bridgehead atoms. The van der Waals surface area contributed by atoms with E-state index < -0.39 is 11.7 Å². The lowest BCUT2D eigenvalue weighted by Gasteiger charge is -2.34. The quantitative estimate of drug-likeness (QED) is 0.882. The summed E-state index contributed by atoms with van der Waals surface area (Å²) in [6.07, 6.45) is 1.46. The number of nitrogens with one attached hydrogen (secondary N) is 1. The smallest absolute Gasteiger partial charge is 0.306 e. The number of hydrogen-bond acceptors (Lipinski definition) is 3. The van der Waals surface area contributed by atoms with E-state index in [1.165, 1.54) is 13.0 Å². The van der Waals surface area contributed by atoms with Crippen LogP contribution in [0.15, 0.2) is 24.4 Å². The summed E-state index contributed by atoms with van der Waals surface area (Å²) in [4.78, 5) is 0. The van der Waals surface area contributed by atoms with Crippen LogP contribution < -0.4 is 5.32 Å². The monoisotopic (exact) mass is 366 g/mol. The molecule has 4 nitrogen and oxygen atoms in total. The average molecular weight is 366 g/mol. The summed E-state index contributed by atoms with van der Waals surface area (Å²) >= 11 is 0. The maximum atomic E-state index is 12.9. The number of benzene rings is 1. The summed E-state index contributed by atoms with van der Waals surface area (Å²) < 4.78 is 40.4. The minimum Gasteiger partial charge on any atom is -0.306 e. The van der Waals surface area contributed by atoms with Crippen molar-refractivity contribution in [3.8, 4) is 0 Å². The van der Waals surface area contributed by atoms with Crippen molar-refractivity contribution < 1.29 is 13.2 Å². The SMILES string of the molecule is Cc1cc(CC[C@@H]2C[C@@H](c3cn(C)nn3)N[C@@H](C)C2)ccc1C(F)(F)F. The highest BCUT2D eigenvalue weighted by Gasteiger charge is 2.32. The van der Waals surface area contributed by atoms with Crippen molar-refractivity contribution in [2.45, 2.75) is 57.8 Å². The van der Waals surface area contributed by atoms with Crippen LogP contribution in [0.2, 0.25) is 0 Å². The van der Waals surface area contributed by atoms with E-state index in [1.807, 2.05) is 13.2 Å². The molecule has 3 rings (SSSR count). The summed E-state index contributed by atoms with van der Waals surface area (Å²) in [5.74, 6) is 0.515. The molecule has 1 saturated heterocycles. The van der Waals surface area contributed by atoms with Gasteiger partial charge in [-0.15, -0.1) is 5.10 Å². The van der Waals surface area contributed by atoms with Crippen molar-refractivity contribution in [3.63, 3.8) is 0 Å². The van der Waals surface area contributed by atoms with Gasteiger partial charge in [0.1, 0.15) is 0 Å². The third-order valence-corrected chi connectivity index (χ3v) is 5.16. The maximum Gasteiger partial charge on any atom is 0.416 e. The molecule has 7 heteroatoms. The van der Waals surface area contributed by atoms with Gasteiger partial charge < -0.3 is 5.32 Å². The van der Waals surface area contributed by atoms with Gasteiger partial charge in [0.2, 0.25) is 0 Å². The molecule has 2 aromatic rings. The van der Waals surface area contributed by atoms with Gasteiger partial charge in [-0.3, -0.25) is 4.68 Å². The van der Waals surface area contributed by atoms with Crippen LogP contribution in [-0.4, -0.2) is 21.0 Å². The Labute approximate surface area is 151 Å². The fourth-order valence-electron chi connectivity index (χ4n) is 3.95. The molecule has 1 aliphatic heterocycles. The molecule has 1 aromatic carbocycles. The topological polar surface area (TPSA) is 42.7 Å². The van der Waals surface area contributed by atoms with Gasteiger partial charge in [0, 0.05) is 19.3 Å².